The van der Waals surface area contributed by atoms with Gasteiger partial charge in [0.05, 0.1) is 5.60 Å². The number of aliphatic hydroxyl groups is 1. The second-order valence-corrected chi connectivity index (χ2v) is 6.27. The zero-order valence-corrected chi connectivity index (χ0v) is 11.3. The zero-order chi connectivity index (χ0) is 12.6. The van der Waals surface area contributed by atoms with E-state index in [-0.39, 0.29) is 0 Å². The maximum Gasteiger partial charge on any atom is 0.0746 e. The van der Waals surface area contributed by atoms with Crippen molar-refractivity contribution in [1.29, 1.82) is 0 Å². The highest BCUT2D eigenvalue weighted by Crippen LogP contribution is 2.25. The Balaban J connectivity index is 1.69. The SMILES string of the molecule is CC1(O)CCCN(Cc2ccc3c(c2)CCC3)C1. The van der Waals surface area contributed by atoms with Crippen LogP contribution in [0.2, 0.25) is 0 Å². The van der Waals surface area contributed by atoms with Crippen LogP contribution in [0.15, 0.2) is 18.2 Å². The molecule has 1 N–H and O–H groups in total. The number of hydrogen-bond donors (Lipinski definition) is 1. The number of piperidine rings is 1. The topological polar surface area (TPSA) is 23.5 Å². The van der Waals surface area contributed by atoms with Gasteiger partial charge >= 0.3 is 0 Å². The van der Waals surface area contributed by atoms with Gasteiger partial charge in [-0.05, 0) is 62.3 Å². The number of rotatable bonds is 2. The third kappa shape index (κ3) is 2.60. The first-order valence-corrected chi connectivity index (χ1v) is 7.18. The Morgan fingerprint density at radius 1 is 1.22 bits per heavy atom. The van der Waals surface area contributed by atoms with Gasteiger partial charge in [-0.1, -0.05) is 18.2 Å². The van der Waals surface area contributed by atoms with Crippen molar-refractivity contribution in [2.75, 3.05) is 13.1 Å². The van der Waals surface area contributed by atoms with Crippen LogP contribution in [0.3, 0.4) is 0 Å². The fourth-order valence-corrected chi connectivity index (χ4v) is 3.44. The number of likely N-dealkylation sites (tertiary alicyclic amines) is 1. The molecule has 98 valence electrons. The molecule has 2 aliphatic rings. The van der Waals surface area contributed by atoms with E-state index in [1.165, 1.54) is 24.8 Å². The molecule has 1 unspecified atom stereocenters. The van der Waals surface area contributed by atoms with Gasteiger partial charge in [0.25, 0.3) is 0 Å². The third-order valence-corrected chi connectivity index (χ3v) is 4.32. The summed E-state index contributed by atoms with van der Waals surface area (Å²) in [6.07, 6.45) is 5.87. The summed E-state index contributed by atoms with van der Waals surface area (Å²) in [6.45, 7) is 4.88. The van der Waals surface area contributed by atoms with Crippen LogP contribution < -0.4 is 0 Å². The fraction of sp³-hybridized carbons (Fsp3) is 0.625. The molecular formula is C16H23NO. The van der Waals surface area contributed by atoms with Crippen molar-refractivity contribution in [1.82, 2.24) is 4.90 Å². The molecule has 0 amide bonds. The van der Waals surface area contributed by atoms with E-state index >= 15 is 0 Å². The van der Waals surface area contributed by atoms with Crippen molar-refractivity contribution >= 4 is 0 Å². The Labute approximate surface area is 110 Å². The average molecular weight is 245 g/mol. The van der Waals surface area contributed by atoms with Gasteiger partial charge in [-0.25, -0.2) is 0 Å². The summed E-state index contributed by atoms with van der Waals surface area (Å²) in [4.78, 5) is 2.39. The van der Waals surface area contributed by atoms with Gasteiger partial charge in [0.1, 0.15) is 0 Å². The molecule has 0 spiro atoms. The van der Waals surface area contributed by atoms with Gasteiger partial charge in [0.15, 0.2) is 0 Å². The predicted molar refractivity (Wildman–Crippen MR) is 73.6 cm³/mol. The molecule has 1 heterocycles. The molecule has 0 radical (unpaired) electrons. The molecule has 1 fully saturated rings. The van der Waals surface area contributed by atoms with E-state index in [9.17, 15) is 5.11 Å². The maximum atomic E-state index is 10.1. The first-order chi connectivity index (χ1) is 8.62. The number of hydrogen-bond acceptors (Lipinski definition) is 2. The largest absolute Gasteiger partial charge is 0.389 e. The molecule has 18 heavy (non-hydrogen) atoms. The van der Waals surface area contributed by atoms with E-state index in [0.717, 1.165) is 32.5 Å². The van der Waals surface area contributed by atoms with Crippen LogP contribution in [-0.2, 0) is 19.4 Å². The van der Waals surface area contributed by atoms with E-state index in [4.69, 9.17) is 0 Å². The maximum absolute atomic E-state index is 10.1. The fourth-order valence-electron chi connectivity index (χ4n) is 3.44. The van der Waals surface area contributed by atoms with Crippen molar-refractivity contribution in [3.8, 4) is 0 Å². The normalized spacial score (nSPS) is 28.3. The minimum atomic E-state index is -0.491. The predicted octanol–water partition coefficient (Wildman–Crippen LogP) is 2.52. The number of nitrogens with zero attached hydrogens (tertiary/aromatic N) is 1. The highest BCUT2D eigenvalue weighted by Gasteiger charge is 2.28. The van der Waals surface area contributed by atoms with Crippen LogP contribution in [-0.4, -0.2) is 28.7 Å². The minimum Gasteiger partial charge on any atom is -0.389 e. The number of benzene rings is 1. The molecule has 2 nitrogen and oxygen atoms in total. The van der Waals surface area contributed by atoms with Crippen molar-refractivity contribution in [2.24, 2.45) is 0 Å². The Morgan fingerprint density at radius 2 is 2.06 bits per heavy atom. The standard InChI is InChI=1S/C16H23NO/c1-16(18)8-3-9-17(12-16)11-13-6-7-14-4-2-5-15(14)10-13/h6-7,10,18H,2-5,8-9,11-12H2,1H3. The Morgan fingerprint density at radius 3 is 2.89 bits per heavy atom. The van der Waals surface area contributed by atoms with Gasteiger partial charge in [0, 0.05) is 13.1 Å². The second kappa shape index (κ2) is 4.67. The monoisotopic (exact) mass is 245 g/mol. The summed E-state index contributed by atoms with van der Waals surface area (Å²) >= 11 is 0. The van der Waals surface area contributed by atoms with Gasteiger partial charge in [-0.3, -0.25) is 4.90 Å². The number of fused-ring (bicyclic) bond motifs is 1. The lowest BCUT2D eigenvalue weighted by Gasteiger charge is -2.36. The van der Waals surface area contributed by atoms with E-state index < -0.39 is 5.60 Å². The lowest BCUT2D eigenvalue weighted by molar-refractivity contribution is -0.0181. The lowest BCUT2D eigenvalue weighted by Crippen LogP contribution is -2.45. The van der Waals surface area contributed by atoms with Crippen LogP contribution in [0.1, 0.15) is 42.9 Å². The van der Waals surface area contributed by atoms with Gasteiger partial charge in [-0.15, -0.1) is 0 Å². The molecule has 1 aromatic carbocycles. The molecule has 1 aliphatic heterocycles. The van der Waals surface area contributed by atoms with Crippen LogP contribution >= 0.6 is 0 Å². The van der Waals surface area contributed by atoms with Crippen LogP contribution in [0, 0.1) is 0 Å². The Kier molecular flexibility index (Phi) is 3.16. The molecule has 2 heteroatoms. The Hall–Kier alpha value is -0.860. The quantitative estimate of drug-likeness (QED) is 0.865. The lowest BCUT2D eigenvalue weighted by atomic mass is 9.94. The molecule has 0 saturated carbocycles. The molecular weight excluding hydrogens is 222 g/mol. The van der Waals surface area contributed by atoms with E-state index in [1.54, 1.807) is 11.1 Å². The first-order valence-electron chi connectivity index (χ1n) is 7.18. The number of aryl methyl sites for hydroxylation is 2. The summed E-state index contributed by atoms with van der Waals surface area (Å²) in [6, 6.07) is 6.96. The van der Waals surface area contributed by atoms with Crippen LogP contribution in [0.25, 0.3) is 0 Å². The van der Waals surface area contributed by atoms with Crippen molar-refractivity contribution < 1.29 is 5.11 Å². The molecule has 1 aliphatic carbocycles. The van der Waals surface area contributed by atoms with Crippen LogP contribution in [0.4, 0.5) is 0 Å². The van der Waals surface area contributed by atoms with Crippen molar-refractivity contribution in [3.05, 3.63) is 34.9 Å². The highest BCUT2D eigenvalue weighted by atomic mass is 16.3. The smallest absolute Gasteiger partial charge is 0.0746 e. The highest BCUT2D eigenvalue weighted by molar-refractivity contribution is 5.35. The molecule has 1 aromatic rings. The zero-order valence-electron chi connectivity index (χ0n) is 11.3. The van der Waals surface area contributed by atoms with Gasteiger partial charge in [-0.2, -0.15) is 0 Å². The van der Waals surface area contributed by atoms with Crippen molar-refractivity contribution in [2.45, 2.75) is 51.2 Å². The minimum absolute atomic E-state index is 0.491. The summed E-state index contributed by atoms with van der Waals surface area (Å²) < 4.78 is 0. The summed E-state index contributed by atoms with van der Waals surface area (Å²) in [7, 11) is 0. The molecule has 0 bridgehead atoms. The van der Waals surface area contributed by atoms with Gasteiger partial charge in [0.2, 0.25) is 0 Å². The first kappa shape index (κ1) is 12.2. The molecule has 1 saturated heterocycles. The summed E-state index contributed by atoms with van der Waals surface area (Å²) in [5.41, 5.74) is 4.02. The Bertz CT molecular complexity index is 439. The van der Waals surface area contributed by atoms with E-state index in [2.05, 4.69) is 23.1 Å². The third-order valence-electron chi connectivity index (χ3n) is 4.32. The summed E-state index contributed by atoms with van der Waals surface area (Å²) in [5.74, 6) is 0. The average Bonchev–Trinajstić information content (AvgIpc) is 2.74. The van der Waals surface area contributed by atoms with Crippen molar-refractivity contribution in [3.63, 3.8) is 0 Å². The number of β-amino-alcohol motifs (C(OH)–C–C–N with tert-alkyl or cyclic N) is 1. The molecule has 1 atom stereocenters. The summed E-state index contributed by atoms with van der Waals surface area (Å²) in [5, 5.41) is 10.1. The van der Waals surface area contributed by atoms with Gasteiger partial charge < -0.3 is 5.11 Å². The van der Waals surface area contributed by atoms with E-state index in [0.29, 0.717) is 0 Å². The second-order valence-electron chi connectivity index (χ2n) is 6.27. The molecule has 3 rings (SSSR count). The van der Waals surface area contributed by atoms with E-state index in [1.807, 2.05) is 6.92 Å². The van der Waals surface area contributed by atoms with Crippen LogP contribution in [0.5, 0.6) is 0 Å². The molecule has 0 aromatic heterocycles.